The van der Waals surface area contributed by atoms with E-state index in [-0.39, 0.29) is 16.9 Å². The second-order valence-corrected chi connectivity index (χ2v) is 3.81. The second kappa shape index (κ2) is 5.77. The van der Waals surface area contributed by atoms with Gasteiger partial charge in [0.05, 0.1) is 11.3 Å². The normalized spacial score (nSPS) is 9.65. The van der Waals surface area contributed by atoms with Crippen LogP contribution in [0.2, 0.25) is 0 Å². The molecule has 0 unspecified atom stereocenters. The van der Waals surface area contributed by atoms with E-state index in [1.54, 1.807) is 12.1 Å². The maximum atomic E-state index is 13.0. The number of nitrogens with zero attached hydrogens (tertiary/aromatic N) is 2. The second-order valence-electron chi connectivity index (χ2n) is 3.81. The standard InChI is InChI=1S/C13H10FN5O/c14-9-4-5-10(8(6-9)7-15)18-13(20)11-2-1-3-12(17-11)19-16/h1-6H,16H2,(H,17,19)(H,18,20). The molecule has 7 heteroatoms. The highest BCUT2D eigenvalue weighted by Crippen LogP contribution is 2.17. The molecule has 1 aromatic heterocycles. The van der Waals surface area contributed by atoms with Gasteiger partial charge >= 0.3 is 0 Å². The Morgan fingerprint density at radius 1 is 1.35 bits per heavy atom. The molecular weight excluding hydrogens is 261 g/mol. The number of rotatable bonds is 3. The molecule has 0 spiro atoms. The van der Waals surface area contributed by atoms with E-state index in [2.05, 4.69) is 15.7 Å². The lowest BCUT2D eigenvalue weighted by molar-refractivity contribution is 0.102. The molecule has 2 aromatic rings. The van der Waals surface area contributed by atoms with Gasteiger partial charge in [0, 0.05) is 0 Å². The molecule has 1 heterocycles. The van der Waals surface area contributed by atoms with E-state index >= 15 is 0 Å². The van der Waals surface area contributed by atoms with Crippen LogP contribution in [0.25, 0.3) is 0 Å². The van der Waals surface area contributed by atoms with E-state index in [0.29, 0.717) is 5.82 Å². The van der Waals surface area contributed by atoms with Crippen molar-refractivity contribution in [3.63, 3.8) is 0 Å². The van der Waals surface area contributed by atoms with Crippen molar-refractivity contribution < 1.29 is 9.18 Å². The van der Waals surface area contributed by atoms with Crippen molar-refractivity contribution >= 4 is 17.4 Å². The third kappa shape index (κ3) is 2.88. The van der Waals surface area contributed by atoms with Crippen LogP contribution < -0.4 is 16.6 Å². The third-order valence-electron chi connectivity index (χ3n) is 2.48. The summed E-state index contributed by atoms with van der Waals surface area (Å²) in [5.41, 5.74) is 2.69. The van der Waals surface area contributed by atoms with Gasteiger partial charge < -0.3 is 10.7 Å². The number of halogens is 1. The lowest BCUT2D eigenvalue weighted by atomic mass is 10.2. The summed E-state index contributed by atoms with van der Waals surface area (Å²) in [4.78, 5) is 15.9. The SMILES string of the molecule is N#Cc1cc(F)ccc1NC(=O)c1cccc(NN)n1. The van der Waals surface area contributed by atoms with Gasteiger partial charge in [0.1, 0.15) is 23.4 Å². The summed E-state index contributed by atoms with van der Waals surface area (Å²) in [6, 6.07) is 10.0. The number of nitrogens with one attached hydrogen (secondary N) is 2. The first-order chi connectivity index (χ1) is 9.63. The highest BCUT2D eigenvalue weighted by atomic mass is 19.1. The predicted molar refractivity (Wildman–Crippen MR) is 71.1 cm³/mol. The number of anilines is 2. The molecule has 6 nitrogen and oxygen atoms in total. The van der Waals surface area contributed by atoms with Gasteiger partial charge in [-0.1, -0.05) is 6.07 Å². The minimum atomic E-state index is -0.549. The molecule has 0 aliphatic heterocycles. The Morgan fingerprint density at radius 3 is 2.85 bits per heavy atom. The van der Waals surface area contributed by atoms with Crippen LogP contribution in [0.3, 0.4) is 0 Å². The zero-order chi connectivity index (χ0) is 14.5. The number of nitriles is 1. The molecule has 0 saturated heterocycles. The van der Waals surface area contributed by atoms with E-state index < -0.39 is 11.7 Å². The summed E-state index contributed by atoms with van der Waals surface area (Å²) < 4.78 is 13.0. The van der Waals surface area contributed by atoms with Gasteiger partial charge in [0.2, 0.25) is 0 Å². The molecule has 0 aliphatic carbocycles. The van der Waals surface area contributed by atoms with E-state index in [0.717, 1.165) is 12.1 Å². The number of nitrogen functional groups attached to an aromatic ring is 1. The summed E-state index contributed by atoms with van der Waals surface area (Å²) >= 11 is 0. The van der Waals surface area contributed by atoms with Gasteiger partial charge in [0.25, 0.3) is 5.91 Å². The smallest absolute Gasteiger partial charge is 0.274 e. The molecule has 0 aliphatic rings. The molecule has 4 N–H and O–H groups in total. The first kappa shape index (κ1) is 13.5. The molecule has 0 bridgehead atoms. The Kier molecular flexibility index (Phi) is 3.88. The van der Waals surface area contributed by atoms with E-state index in [4.69, 9.17) is 11.1 Å². The Bertz CT molecular complexity index is 695. The fraction of sp³-hybridized carbons (Fsp3) is 0. The molecule has 20 heavy (non-hydrogen) atoms. The monoisotopic (exact) mass is 271 g/mol. The van der Waals surface area contributed by atoms with Crippen molar-refractivity contribution in [2.45, 2.75) is 0 Å². The molecule has 0 fully saturated rings. The number of pyridine rings is 1. The average molecular weight is 271 g/mol. The fourth-order valence-electron chi connectivity index (χ4n) is 1.55. The third-order valence-corrected chi connectivity index (χ3v) is 2.48. The van der Waals surface area contributed by atoms with Gasteiger partial charge in [-0.2, -0.15) is 5.26 Å². The van der Waals surface area contributed by atoms with Gasteiger partial charge in [-0.05, 0) is 30.3 Å². The number of benzene rings is 1. The van der Waals surface area contributed by atoms with E-state index in [9.17, 15) is 9.18 Å². The summed E-state index contributed by atoms with van der Waals surface area (Å²) in [5.74, 6) is 4.46. The molecule has 0 radical (unpaired) electrons. The topological polar surface area (TPSA) is 104 Å². The van der Waals surface area contributed by atoms with E-state index in [1.807, 2.05) is 6.07 Å². The van der Waals surface area contributed by atoms with Crippen LogP contribution in [0.5, 0.6) is 0 Å². The molecule has 2 rings (SSSR count). The largest absolute Gasteiger partial charge is 0.319 e. The van der Waals surface area contributed by atoms with Crippen molar-refractivity contribution in [2.75, 3.05) is 10.7 Å². The summed E-state index contributed by atoms with van der Waals surface area (Å²) in [6.45, 7) is 0. The minimum Gasteiger partial charge on any atom is -0.319 e. The zero-order valence-electron chi connectivity index (χ0n) is 10.2. The van der Waals surface area contributed by atoms with Crippen LogP contribution in [0.15, 0.2) is 36.4 Å². The van der Waals surface area contributed by atoms with Crippen molar-refractivity contribution in [1.82, 2.24) is 4.98 Å². The van der Waals surface area contributed by atoms with Crippen molar-refractivity contribution in [2.24, 2.45) is 5.84 Å². The number of hydrazine groups is 1. The van der Waals surface area contributed by atoms with Crippen LogP contribution in [0, 0.1) is 17.1 Å². The number of carbonyl (C=O) groups is 1. The Labute approximate surface area is 114 Å². The van der Waals surface area contributed by atoms with Crippen LogP contribution in [0.1, 0.15) is 16.1 Å². The first-order valence-corrected chi connectivity index (χ1v) is 5.58. The predicted octanol–water partition coefficient (Wildman–Crippen LogP) is 1.63. The molecule has 100 valence electrons. The maximum Gasteiger partial charge on any atom is 0.274 e. The number of aromatic nitrogens is 1. The molecular formula is C13H10FN5O. The zero-order valence-corrected chi connectivity index (χ0v) is 10.2. The number of hydrogen-bond acceptors (Lipinski definition) is 5. The minimum absolute atomic E-state index is 0.0338. The van der Waals surface area contributed by atoms with Crippen LogP contribution in [-0.4, -0.2) is 10.9 Å². The van der Waals surface area contributed by atoms with Gasteiger partial charge in [-0.25, -0.2) is 15.2 Å². The Balaban J connectivity index is 2.26. The lowest BCUT2D eigenvalue weighted by Crippen LogP contribution is -2.16. The number of nitrogens with two attached hydrogens (primary N) is 1. The quantitative estimate of drug-likeness (QED) is 0.581. The summed E-state index contributed by atoms with van der Waals surface area (Å²) in [7, 11) is 0. The maximum absolute atomic E-state index is 13.0. The fourth-order valence-corrected chi connectivity index (χ4v) is 1.55. The number of carbonyl (C=O) groups excluding carboxylic acids is 1. The van der Waals surface area contributed by atoms with Crippen molar-refractivity contribution in [3.8, 4) is 6.07 Å². The number of amides is 1. The molecule has 0 saturated carbocycles. The Hall–Kier alpha value is -2.98. The average Bonchev–Trinajstić information content (AvgIpc) is 2.49. The highest BCUT2D eigenvalue weighted by molar-refractivity contribution is 6.03. The highest BCUT2D eigenvalue weighted by Gasteiger charge is 2.11. The summed E-state index contributed by atoms with van der Waals surface area (Å²) in [6.07, 6.45) is 0. The van der Waals surface area contributed by atoms with Crippen LogP contribution in [0.4, 0.5) is 15.9 Å². The molecule has 1 aromatic carbocycles. The summed E-state index contributed by atoms with van der Waals surface area (Å²) in [5, 5.41) is 11.4. The van der Waals surface area contributed by atoms with Crippen molar-refractivity contribution in [3.05, 3.63) is 53.5 Å². The van der Waals surface area contributed by atoms with Gasteiger partial charge in [-0.3, -0.25) is 4.79 Å². The first-order valence-electron chi connectivity index (χ1n) is 5.58. The van der Waals surface area contributed by atoms with E-state index in [1.165, 1.54) is 12.1 Å². The van der Waals surface area contributed by atoms with Crippen LogP contribution >= 0.6 is 0 Å². The number of hydrogen-bond donors (Lipinski definition) is 3. The van der Waals surface area contributed by atoms with Crippen LogP contribution in [-0.2, 0) is 0 Å². The Morgan fingerprint density at radius 2 is 2.15 bits per heavy atom. The van der Waals surface area contributed by atoms with Crippen molar-refractivity contribution in [1.29, 1.82) is 5.26 Å². The lowest BCUT2D eigenvalue weighted by Gasteiger charge is -2.07. The molecule has 0 atom stereocenters. The molecule has 1 amide bonds. The van der Waals surface area contributed by atoms with Gasteiger partial charge in [-0.15, -0.1) is 0 Å². The van der Waals surface area contributed by atoms with Gasteiger partial charge in [0.15, 0.2) is 0 Å².